The van der Waals surface area contributed by atoms with E-state index in [1.54, 1.807) is 54.7 Å². The molecule has 1 saturated heterocycles. The first-order valence-corrected chi connectivity index (χ1v) is 13.1. The van der Waals surface area contributed by atoms with Crippen LogP contribution in [0.15, 0.2) is 55.0 Å². The van der Waals surface area contributed by atoms with Crippen molar-refractivity contribution in [2.45, 2.75) is 26.2 Å². The Balaban J connectivity index is 1.41. The molecule has 4 heterocycles. The Hall–Kier alpha value is -4.54. The first-order chi connectivity index (χ1) is 19.0. The number of hydrogen-bond donors (Lipinski definition) is 1. The molecule has 0 spiro atoms. The summed E-state index contributed by atoms with van der Waals surface area (Å²) < 4.78 is 10.5. The maximum Gasteiger partial charge on any atom is 0.397 e. The number of piperidine rings is 1. The molecule has 2 aromatic heterocycles. The van der Waals surface area contributed by atoms with Gasteiger partial charge in [-0.15, -0.1) is 0 Å². The highest BCUT2D eigenvalue weighted by Gasteiger charge is 2.32. The van der Waals surface area contributed by atoms with E-state index in [1.165, 1.54) is 4.90 Å². The fraction of sp³-hybridized carbons (Fsp3) is 0.357. The van der Waals surface area contributed by atoms with E-state index in [9.17, 15) is 14.4 Å². The summed E-state index contributed by atoms with van der Waals surface area (Å²) in [5.41, 5.74) is 2.28. The van der Waals surface area contributed by atoms with Crippen molar-refractivity contribution in [3.8, 4) is 5.75 Å². The Bertz CT molecular complexity index is 1350. The van der Waals surface area contributed by atoms with E-state index >= 15 is 0 Å². The molecule has 11 nitrogen and oxygen atoms in total. The Morgan fingerprint density at radius 3 is 2.82 bits per heavy atom. The Labute approximate surface area is 226 Å². The third-order valence-corrected chi connectivity index (χ3v) is 6.73. The first-order valence-electron chi connectivity index (χ1n) is 13.1. The first kappa shape index (κ1) is 26.1. The molecule has 2 aliphatic heterocycles. The van der Waals surface area contributed by atoms with Gasteiger partial charge in [-0.1, -0.05) is 0 Å². The molecule has 1 atom stereocenters. The van der Waals surface area contributed by atoms with Gasteiger partial charge in [0.1, 0.15) is 11.6 Å². The smallest absolute Gasteiger partial charge is 0.397 e. The zero-order valence-corrected chi connectivity index (χ0v) is 21.7. The second-order valence-corrected chi connectivity index (χ2v) is 9.42. The second kappa shape index (κ2) is 11.9. The number of esters is 1. The van der Waals surface area contributed by atoms with E-state index in [0.717, 1.165) is 29.8 Å². The monoisotopic (exact) mass is 530 g/mol. The van der Waals surface area contributed by atoms with Crippen molar-refractivity contribution >= 4 is 35.2 Å². The van der Waals surface area contributed by atoms with Crippen LogP contribution in [-0.2, 0) is 20.7 Å². The number of benzene rings is 1. The minimum Gasteiger partial charge on any atom is -0.493 e. The quantitative estimate of drug-likeness (QED) is 0.362. The number of aromatic nitrogens is 3. The van der Waals surface area contributed by atoms with Gasteiger partial charge in [-0.05, 0) is 67.6 Å². The Kier molecular flexibility index (Phi) is 7.95. The van der Waals surface area contributed by atoms with Crippen LogP contribution in [0.3, 0.4) is 0 Å². The molecule has 3 aromatic rings. The predicted molar refractivity (Wildman–Crippen MR) is 143 cm³/mol. The van der Waals surface area contributed by atoms with Crippen LogP contribution >= 0.6 is 0 Å². The van der Waals surface area contributed by atoms with Gasteiger partial charge < -0.3 is 19.7 Å². The number of carbonyl (C=O) groups is 3. The number of anilines is 3. The van der Waals surface area contributed by atoms with E-state index in [4.69, 9.17) is 9.47 Å². The van der Waals surface area contributed by atoms with Crippen LogP contribution in [0.4, 0.5) is 17.5 Å². The summed E-state index contributed by atoms with van der Waals surface area (Å²) >= 11 is 0. The second-order valence-electron chi connectivity index (χ2n) is 9.42. The van der Waals surface area contributed by atoms with Gasteiger partial charge in [0.25, 0.3) is 5.91 Å². The largest absolute Gasteiger partial charge is 0.493 e. The lowest BCUT2D eigenvalue weighted by Gasteiger charge is -2.35. The topological polar surface area (TPSA) is 127 Å². The molecule has 0 saturated carbocycles. The maximum absolute atomic E-state index is 13.9. The highest BCUT2D eigenvalue weighted by Crippen LogP contribution is 2.28. The number of ether oxygens (including phenoxy) is 2. The van der Waals surface area contributed by atoms with Gasteiger partial charge in [0.05, 0.1) is 13.2 Å². The highest BCUT2D eigenvalue weighted by atomic mass is 16.5. The molecule has 1 N–H and O–H groups in total. The number of likely N-dealkylation sites (tertiary alicyclic amines) is 1. The van der Waals surface area contributed by atoms with E-state index in [1.807, 2.05) is 12.1 Å². The molecule has 1 unspecified atom stereocenters. The maximum atomic E-state index is 13.9. The standard InChI is InChI=1S/C28H30N6O5/c1-2-38-27(37)26(36)33-14-3-4-19(17-33)18-34(25(35)21-5-6-23-20(16-21)10-15-39-23)24-9-13-30-28(32-24)31-22-7-11-29-12-8-22/h5-9,11-13,16,19H,2-4,10,14-15,17-18H2,1H3,(H,29,30,31,32). The van der Waals surface area contributed by atoms with Crippen molar-refractivity contribution in [3.63, 3.8) is 0 Å². The van der Waals surface area contributed by atoms with Crippen LogP contribution in [-0.4, -0.2) is 70.5 Å². The van der Waals surface area contributed by atoms with Crippen LogP contribution in [0.1, 0.15) is 35.7 Å². The number of fused-ring (bicyclic) bond motifs is 1. The fourth-order valence-corrected chi connectivity index (χ4v) is 4.86. The summed E-state index contributed by atoms with van der Waals surface area (Å²) in [4.78, 5) is 54.7. The number of rotatable bonds is 7. The average molecular weight is 531 g/mol. The van der Waals surface area contributed by atoms with Gasteiger partial charge in [-0.3, -0.25) is 19.5 Å². The van der Waals surface area contributed by atoms with Crippen molar-refractivity contribution in [1.82, 2.24) is 19.9 Å². The molecule has 202 valence electrons. The van der Waals surface area contributed by atoms with E-state index in [2.05, 4.69) is 20.3 Å². The summed E-state index contributed by atoms with van der Waals surface area (Å²) in [7, 11) is 0. The highest BCUT2D eigenvalue weighted by molar-refractivity contribution is 6.32. The van der Waals surface area contributed by atoms with Gasteiger partial charge in [0.2, 0.25) is 5.95 Å². The Morgan fingerprint density at radius 2 is 2.00 bits per heavy atom. The molecule has 2 aliphatic rings. The van der Waals surface area contributed by atoms with Crippen molar-refractivity contribution < 1.29 is 23.9 Å². The number of pyridine rings is 1. The predicted octanol–water partition coefficient (Wildman–Crippen LogP) is 3.00. The molecule has 1 fully saturated rings. The molecule has 39 heavy (non-hydrogen) atoms. The lowest BCUT2D eigenvalue weighted by atomic mass is 9.96. The van der Waals surface area contributed by atoms with Gasteiger partial charge in [-0.25, -0.2) is 9.78 Å². The number of nitrogens with one attached hydrogen (secondary N) is 1. The molecular weight excluding hydrogens is 500 g/mol. The number of hydrogen-bond acceptors (Lipinski definition) is 9. The third kappa shape index (κ3) is 6.14. The van der Waals surface area contributed by atoms with E-state index < -0.39 is 11.9 Å². The van der Waals surface area contributed by atoms with E-state index in [-0.39, 0.29) is 18.4 Å². The SMILES string of the molecule is CCOC(=O)C(=O)N1CCCC(CN(C(=O)c2ccc3c(c2)CCO3)c2ccnc(Nc3ccncc3)n2)C1. The van der Waals surface area contributed by atoms with Crippen molar-refractivity contribution in [2.75, 3.05) is 43.1 Å². The zero-order valence-electron chi connectivity index (χ0n) is 21.7. The van der Waals surface area contributed by atoms with Crippen LogP contribution in [0.25, 0.3) is 0 Å². The summed E-state index contributed by atoms with van der Waals surface area (Å²) in [5, 5.41) is 3.14. The molecule has 11 heteroatoms. The Morgan fingerprint density at radius 1 is 1.15 bits per heavy atom. The average Bonchev–Trinajstić information content (AvgIpc) is 3.44. The lowest BCUT2D eigenvalue weighted by molar-refractivity contribution is -0.160. The summed E-state index contributed by atoms with van der Waals surface area (Å²) in [6.07, 6.45) is 7.17. The third-order valence-electron chi connectivity index (χ3n) is 6.73. The normalized spacial score (nSPS) is 16.1. The van der Waals surface area contributed by atoms with E-state index in [0.29, 0.717) is 50.0 Å². The van der Waals surface area contributed by atoms with Gasteiger partial charge in [0, 0.05) is 55.9 Å². The van der Waals surface area contributed by atoms with Crippen molar-refractivity contribution in [3.05, 3.63) is 66.1 Å². The lowest BCUT2D eigenvalue weighted by Crippen LogP contribution is -2.47. The number of carbonyl (C=O) groups excluding carboxylic acids is 3. The number of amides is 2. The van der Waals surface area contributed by atoms with Gasteiger partial charge >= 0.3 is 11.9 Å². The minimum absolute atomic E-state index is 0.0644. The molecule has 0 radical (unpaired) electrons. The zero-order chi connectivity index (χ0) is 27.2. The van der Waals surface area contributed by atoms with Crippen molar-refractivity contribution in [1.29, 1.82) is 0 Å². The number of nitrogens with zero attached hydrogens (tertiary/aromatic N) is 5. The van der Waals surface area contributed by atoms with Gasteiger partial charge in [-0.2, -0.15) is 4.98 Å². The molecular formula is C28H30N6O5. The molecule has 0 aliphatic carbocycles. The van der Waals surface area contributed by atoms with Crippen LogP contribution in [0.5, 0.6) is 5.75 Å². The molecule has 2 amide bonds. The summed E-state index contributed by atoms with van der Waals surface area (Å²) in [6, 6.07) is 10.7. The molecule has 1 aromatic carbocycles. The van der Waals surface area contributed by atoms with Crippen molar-refractivity contribution in [2.24, 2.45) is 5.92 Å². The van der Waals surface area contributed by atoms with Crippen LogP contribution < -0.4 is 15.0 Å². The van der Waals surface area contributed by atoms with Gasteiger partial charge in [0.15, 0.2) is 0 Å². The summed E-state index contributed by atoms with van der Waals surface area (Å²) in [5.74, 6) is -0.223. The molecule has 0 bridgehead atoms. The molecule has 5 rings (SSSR count). The fourth-order valence-electron chi connectivity index (χ4n) is 4.86. The van der Waals surface area contributed by atoms with Crippen LogP contribution in [0, 0.1) is 5.92 Å². The minimum atomic E-state index is -0.853. The van der Waals surface area contributed by atoms with Crippen LogP contribution in [0.2, 0.25) is 0 Å². The summed E-state index contributed by atoms with van der Waals surface area (Å²) in [6.45, 7) is 3.52.